The standard InChI is InChI=1S/C13H23N3O/c1-3-6-16-11-14-9-12(16)10-15-13(2)4-7-17-8-5-13/h9,11,15H,3-8,10H2,1-2H3. The maximum absolute atomic E-state index is 5.41. The van der Waals surface area contributed by atoms with Crippen LogP contribution in [-0.2, 0) is 17.8 Å². The molecule has 1 aliphatic rings. The zero-order valence-electron chi connectivity index (χ0n) is 10.9. The molecule has 0 aliphatic carbocycles. The second-order valence-electron chi connectivity index (χ2n) is 5.10. The summed E-state index contributed by atoms with van der Waals surface area (Å²) in [6.45, 7) is 8.18. The molecule has 2 rings (SSSR count). The molecular formula is C13H23N3O. The van der Waals surface area contributed by atoms with Crippen molar-refractivity contribution >= 4 is 0 Å². The number of aryl methyl sites for hydroxylation is 1. The molecule has 0 saturated carbocycles. The Morgan fingerprint density at radius 2 is 2.24 bits per heavy atom. The van der Waals surface area contributed by atoms with E-state index in [9.17, 15) is 0 Å². The van der Waals surface area contributed by atoms with E-state index >= 15 is 0 Å². The summed E-state index contributed by atoms with van der Waals surface area (Å²) in [5.74, 6) is 0. The Labute approximate surface area is 103 Å². The zero-order chi connectivity index (χ0) is 12.1. The first-order valence-corrected chi connectivity index (χ1v) is 6.55. The van der Waals surface area contributed by atoms with Crippen LogP contribution in [0, 0.1) is 0 Å². The summed E-state index contributed by atoms with van der Waals surface area (Å²) in [4.78, 5) is 4.23. The topological polar surface area (TPSA) is 39.1 Å². The first kappa shape index (κ1) is 12.6. The van der Waals surface area contributed by atoms with Gasteiger partial charge in [-0.3, -0.25) is 0 Å². The van der Waals surface area contributed by atoms with Crippen molar-refractivity contribution in [2.24, 2.45) is 0 Å². The van der Waals surface area contributed by atoms with E-state index in [1.165, 1.54) is 5.69 Å². The average molecular weight is 237 g/mol. The number of hydrogen-bond acceptors (Lipinski definition) is 3. The van der Waals surface area contributed by atoms with Crippen molar-refractivity contribution in [2.75, 3.05) is 13.2 Å². The second kappa shape index (κ2) is 5.65. The highest BCUT2D eigenvalue weighted by atomic mass is 16.5. The third-order valence-electron chi connectivity index (χ3n) is 3.56. The van der Waals surface area contributed by atoms with Gasteiger partial charge in [0, 0.05) is 38.0 Å². The summed E-state index contributed by atoms with van der Waals surface area (Å²) < 4.78 is 7.64. The van der Waals surface area contributed by atoms with E-state index < -0.39 is 0 Å². The monoisotopic (exact) mass is 237 g/mol. The number of rotatable bonds is 5. The van der Waals surface area contributed by atoms with Crippen LogP contribution in [0.25, 0.3) is 0 Å². The van der Waals surface area contributed by atoms with Gasteiger partial charge >= 0.3 is 0 Å². The molecule has 2 heterocycles. The van der Waals surface area contributed by atoms with Crippen LogP contribution in [0.15, 0.2) is 12.5 Å². The zero-order valence-corrected chi connectivity index (χ0v) is 10.9. The highest BCUT2D eigenvalue weighted by molar-refractivity contribution is 5.00. The predicted octanol–water partition coefficient (Wildman–Crippen LogP) is 1.95. The van der Waals surface area contributed by atoms with Gasteiger partial charge in [-0.15, -0.1) is 0 Å². The third kappa shape index (κ3) is 3.30. The molecule has 0 spiro atoms. The van der Waals surface area contributed by atoms with Crippen molar-refractivity contribution in [3.8, 4) is 0 Å². The van der Waals surface area contributed by atoms with Crippen LogP contribution < -0.4 is 5.32 Å². The summed E-state index contributed by atoms with van der Waals surface area (Å²) in [6, 6.07) is 0. The van der Waals surface area contributed by atoms with Crippen molar-refractivity contribution in [1.82, 2.24) is 14.9 Å². The molecule has 1 N–H and O–H groups in total. The molecule has 1 fully saturated rings. The number of nitrogens with one attached hydrogen (secondary N) is 1. The Morgan fingerprint density at radius 1 is 1.47 bits per heavy atom. The van der Waals surface area contributed by atoms with Gasteiger partial charge in [0.05, 0.1) is 12.0 Å². The molecule has 0 radical (unpaired) electrons. The molecule has 0 aromatic carbocycles. The van der Waals surface area contributed by atoms with E-state index in [0.717, 1.165) is 45.6 Å². The number of ether oxygens (including phenoxy) is 1. The summed E-state index contributed by atoms with van der Waals surface area (Å²) in [7, 11) is 0. The van der Waals surface area contributed by atoms with Crippen molar-refractivity contribution in [1.29, 1.82) is 0 Å². The normalized spacial score (nSPS) is 19.4. The highest BCUT2D eigenvalue weighted by Crippen LogP contribution is 2.20. The minimum atomic E-state index is 0.222. The van der Waals surface area contributed by atoms with Crippen LogP contribution in [0.2, 0.25) is 0 Å². The third-order valence-corrected chi connectivity index (χ3v) is 3.56. The molecule has 0 bridgehead atoms. The molecule has 0 amide bonds. The van der Waals surface area contributed by atoms with E-state index in [-0.39, 0.29) is 5.54 Å². The number of hydrogen-bond donors (Lipinski definition) is 1. The van der Waals surface area contributed by atoms with Crippen LogP contribution >= 0.6 is 0 Å². The van der Waals surface area contributed by atoms with Gasteiger partial charge in [0.1, 0.15) is 0 Å². The Hall–Kier alpha value is -0.870. The first-order chi connectivity index (χ1) is 8.23. The lowest BCUT2D eigenvalue weighted by molar-refractivity contribution is 0.0444. The van der Waals surface area contributed by atoms with Gasteiger partial charge in [0.25, 0.3) is 0 Å². The molecule has 1 aromatic rings. The van der Waals surface area contributed by atoms with Crippen molar-refractivity contribution in [3.05, 3.63) is 18.2 Å². The highest BCUT2D eigenvalue weighted by Gasteiger charge is 2.26. The van der Waals surface area contributed by atoms with Gasteiger partial charge < -0.3 is 14.6 Å². The molecule has 96 valence electrons. The van der Waals surface area contributed by atoms with Gasteiger partial charge in [-0.2, -0.15) is 0 Å². The van der Waals surface area contributed by atoms with Crippen LogP contribution in [0.3, 0.4) is 0 Å². The van der Waals surface area contributed by atoms with Crippen LogP contribution in [0.4, 0.5) is 0 Å². The SMILES string of the molecule is CCCn1cncc1CNC1(C)CCOCC1. The first-order valence-electron chi connectivity index (χ1n) is 6.55. The summed E-state index contributed by atoms with van der Waals surface area (Å²) in [6.07, 6.45) is 7.22. The van der Waals surface area contributed by atoms with Gasteiger partial charge in [-0.1, -0.05) is 6.92 Å². The van der Waals surface area contributed by atoms with E-state index in [0.29, 0.717) is 0 Å². The molecule has 0 atom stereocenters. The molecule has 1 aromatic heterocycles. The largest absolute Gasteiger partial charge is 0.381 e. The lowest BCUT2D eigenvalue weighted by Crippen LogP contribution is -2.46. The maximum Gasteiger partial charge on any atom is 0.0948 e. The van der Waals surface area contributed by atoms with Gasteiger partial charge in [-0.25, -0.2) is 4.98 Å². The fourth-order valence-corrected chi connectivity index (χ4v) is 2.24. The Morgan fingerprint density at radius 3 is 2.94 bits per heavy atom. The Balaban J connectivity index is 1.90. The van der Waals surface area contributed by atoms with E-state index in [2.05, 4.69) is 28.7 Å². The average Bonchev–Trinajstić information content (AvgIpc) is 2.76. The quantitative estimate of drug-likeness (QED) is 0.850. The molecule has 4 nitrogen and oxygen atoms in total. The fourth-order valence-electron chi connectivity index (χ4n) is 2.24. The molecule has 0 unspecified atom stereocenters. The summed E-state index contributed by atoms with van der Waals surface area (Å²) in [5, 5.41) is 3.66. The van der Waals surface area contributed by atoms with Crippen molar-refractivity contribution in [3.63, 3.8) is 0 Å². The lowest BCUT2D eigenvalue weighted by atomic mass is 9.92. The van der Waals surface area contributed by atoms with E-state index in [4.69, 9.17) is 4.74 Å². The fraction of sp³-hybridized carbons (Fsp3) is 0.769. The molecule has 4 heteroatoms. The minimum Gasteiger partial charge on any atom is -0.381 e. The van der Waals surface area contributed by atoms with Crippen molar-refractivity contribution < 1.29 is 4.74 Å². The number of aromatic nitrogens is 2. The van der Waals surface area contributed by atoms with E-state index in [1.807, 2.05) is 12.5 Å². The van der Waals surface area contributed by atoms with Crippen LogP contribution in [0.1, 0.15) is 38.8 Å². The van der Waals surface area contributed by atoms with E-state index in [1.54, 1.807) is 0 Å². The number of imidazole rings is 1. The van der Waals surface area contributed by atoms with Gasteiger partial charge in [-0.05, 0) is 26.2 Å². The smallest absolute Gasteiger partial charge is 0.0948 e. The summed E-state index contributed by atoms with van der Waals surface area (Å²) >= 11 is 0. The van der Waals surface area contributed by atoms with Crippen LogP contribution in [0.5, 0.6) is 0 Å². The predicted molar refractivity (Wildman–Crippen MR) is 67.8 cm³/mol. The maximum atomic E-state index is 5.41. The second-order valence-corrected chi connectivity index (χ2v) is 5.10. The Bertz CT molecular complexity index is 342. The lowest BCUT2D eigenvalue weighted by Gasteiger charge is -2.34. The molecule has 1 saturated heterocycles. The molecule has 17 heavy (non-hydrogen) atoms. The van der Waals surface area contributed by atoms with Crippen molar-refractivity contribution in [2.45, 2.75) is 51.7 Å². The molecule has 1 aliphatic heterocycles. The number of nitrogens with zero attached hydrogens (tertiary/aromatic N) is 2. The summed E-state index contributed by atoms with van der Waals surface area (Å²) in [5.41, 5.74) is 1.50. The van der Waals surface area contributed by atoms with Gasteiger partial charge in [0.2, 0.25) is 0 Å². The Kier molecular flexibility index (Phi) is 4.18. The molecular weight excluding hydrogens is 214 g/mol. The minimum absolute atomic E-state index is 0.222. The van der Waals surface area contributed by atoms with Gasteiger partial charge in [0.15, 0.2) is 0 Å². The van der Waals surface area contributed by atoms with Crippen LogP contribution in [-0.4, -0.2) is 28.3 Å².